The molecule has 0 bridgehead atoms. The Bertz CT molecular complexity index is 563. The average Bonchev–Trinajstić information content (AvgIpc) is 3.07. The summed E-state index contributed by atoms with van der Waals surface area (Å²) in [6.07, 6.45) is 4.21. The van der Waals surface area contributed by atoms with Crippen molar-refractivity contribution in [1.82, 2.24) is 10.5 Å². The van der Waals surface area contributed by atoms with Gasteiger partial charge >= 0.3 is 0 Å². The number of nitrogens with zero attached hydrogens (tertiary/aromatic N) is 1. The van der Waals surface area contributed by atoms with E-state index in [4.69, 9.17) is 4.52 Å². The molecule has 1 heterocycles. The van der Waals surface area contributed by atoms with Crippen LogP contribution in [0.2, 0.25) is 0 Å². The van der Waals surface area contributed by atoms with Crippen molar-refractivity contribution in [3.05, 3.63) is 53.4 Å². The smallest absolute Gasteiger partial charge is 0.220 e. The molecule has 0 unspecified atom stereocenters. The van der Waals surface area contributed by atoms with Crippen molar-refractivity contribution in [1.29, 1.82) is 0 Å². The molecule has 4 heteroatoms. The van der Waals surface area contributed by atoms with E-state index in [1.165, 1.54) is 17.4 Å². The van der Waals surface area contributed by atoms with Crippen LogP contribution in [0.1, 0.15) is 35.6 Å². The number of rotatable bonds is 4. The molecule has 19 heavy (non-hydrogen) atoms. The maximum atomic E-state index is 11.9. The summed E-state index contributed by atoms with van der Waals surface area (Å²) in [6.45, 7) is 0.434. The minimum Gasteiger partial charge on any atom is -0.364 e. The molecule has 0 saturated heterocycles. The molecule has 0 fully saturated rings. The number of carbonyl (C=O) groups excluding carboxylic acids is 1. The Kier molecular flexibility index (Phi) is 3.31. The first kappa shape index (κ1) is 12.0. The second-order valence-corrected chi connectivity index (χ2v) is 4.91. The van der Waals surface area contributed by atoms with E-state index in [1.54, 1.807) is 6.07 Å². The second kappa shape index (κ2) is 5.26. The van der Waals surface area contributed by atoms with Crippen LogP contribution in [0.3, 0.4) is 0 Å². The molecule has 1 atom stereocenters. The summed E-state index contributed by atoms with van der Waals surface area (Å²) in [5, 5.41) is 6.65. The quantitative estimate of drug-likeness (QED) is 0.914. The Hall–Kier alpha value is -2.10. The molecule has 1 N–H and O–H groups in total. The molecule has 0 radical (unpaired) electrons. The maximum Gasteiger partial charge on any atom is 0.220 e. The van der Waals surface area contributed by atoms with Gasteiger partial charge in [-0.15, -0.1) is 0 Å². The molecular weight excluding hydrogens is 240 g/mol. The van der Waals surface area contributed by atoms with E-state index in [1.807, 2.05) is 6.07 Å². The number of nitrogens with one attached hydrogen (secondary N) is 1. The van der Waals surface area contributed by atoms with Gasteiger partial charge < -0.3 is 9.84 Å². The highest BCUT2D eigenvalue weighted by Gasteiger charge is 2.23. The van der Waals surface area contributed by atoms with Crippen LogP contribution in [0, 0.1) is 0 Å². The first-order valence-electron chi connectivity index (χ1n) is 6.56. The van der Waals surface area contributed by atoms with E-state index in [-0.39, 0.29) is 5.91 Å². The SMILES string of the molecule is O=C(C[C@H]1CCc2ccccc21)NCc1ccon1. The van der Waals surface area contributed by atoms with Crippen LogP contribution < -0.4 is 5.32 Å². The van der Waals surface area contributed by atoms with Gasteiger partial charge in [-0.05, 0) is 29.9 Å². The standard InChI is InChI=1S/C15H16N2O2/c18-15(16-10-13-7-8-19-17-13)9-12-6-5-11-3-1-2-4-14(11)12/h1-4,7-8,12H,5-6,9-10H2,(H,16,18)/t12-/m1/s1. The molecule has 1 aromatic carbocycles. The lowest BCUT2D eigenvalue weighted by Gasteiger charge is -2.11. The first-order chi connectivity index (χ1) is 9.33. The molecule has 3 rings (SSSR count). The third-order valence-electron chi connectivity index (χ3n) is 3.65. The predicted octanol–water partition coefficient (Wildman–Crippen LogP) is 2.41. The highest BCUT2D eigenvalue weighted by Crippen LogP contribution is 2.34. The predicted molar refractivity (Wildman–Crippen MR) is 70.5 cm³/mol. The van der Waals surface area contributed by atoms with E-state index in [0.717, 1.165) is 18.5 Å². The Morgan fingerprint density at radius 2 is 2.26 bits per heavy atom. The van der Waals surface area contributed by atoms with Crippen molar-refractivity contribution in [2.45, 2.75) is 31.7 Å². The summed E-state index contributed by atoms with van der Waals surface area (Å²) in [5.74, 6) is 0.429. The zero-order valence-corrected chi connectivity index (χ0v) is 10.6. The van der Waals surface area contributed by atoms with Gasteiger partial charge in [0.1, 0.15) is 12.0 Å². The van der Waals surface area contributed by atoms with Crippen LogP contribution in [0.15, 0.2) is 41.1 Å². The number of hydrogen-bond acceptors (Lipinski definition) is 3. The Balaban J connectivity index is 1.56. The highest BCUT2D eigenvalue weighted by molar-refractivity contribution is 5.77. The normalized spacial score (nSPS) is 17.2. The Labute approximate surface area is 111 Å². The van der Waals surface area contributed by atoms with Crippen molar-refractivity contribution < 1.29 is 9.32 Å². The lowest BCUT2D eigenvalue weighted by atomic mass is 9.97. The maximum absolute atomic E-state index is 11.9. The largest absolute Gasteiger partial charge is 0.364 e. The number of hydrogen-bond donors (Lipinski definition) is 1. The highest BCUT2D eigenvalue weighted by atomic mass is 16.5. The summed E-state index contributed by atoms with van der Waals surface area (Å²) >= 11 is 0. The molecule has 0 saturated carbocycles. The molecular formula is C15H16N2O2. The number of aryl methyl sites for hydroxylation is 1. The van der Waals surface area contributed by atoms with Gasteiger partial charge in [0.25, 0.3) is 0 Å². The van der Waals surface area contributed by atoms with Crippen LogP contribution >= 0.6 is 0 Å². The molecule has 1 aromatic heterocycles. The third kappa shape index (κ3) is 2.67. The number of carbonyl (C=O) groups is 1. The van der Waals surface area contributed by atoms with E-state index < -0.39 is 0 Å². The fourth-order valence-electron chi connectivity index (χ4n) is 2.67. The molecule has 0 spiro atoms. The van der Waals surface area contributed by atoms with Crippen molar-refractivity contribution in [2.24, 2.45) is 0 Å². The van der Waals surface area contributed by atoms with Gasteiger partial charge in [-0.2, -0.15) is 0 Å². The van der Waals surface area contributed by atoms with Gasteiger partial charge in [0.2, 0.25) is 5.91 Å². The lowest BCUT2D eigenvalue weighted by molar-refractivity contribution is -0.121. The van der Waals surface area contributed by atoms with Crippen molar-refractivity contribution in [3.63, 3.8) is 0 Å². The summed E-state index contributed by atoms with van der Waals surface area (Å²) in [4.78, 5) is 11.9. The Morgan fingerprint density at radius 1 is 1.37 bits per heavy atom. The molecule has 4 nitrogen and oxygen atoms in total. The van der Waals surface area contributed by atoms with Crippen LogP contribution in [0.4, 0.5) is 0 Å². The van der Waals surface area contributed by atoms with Gasteiger partial charge in [0, 0.05) is 12.5 Å². The van der Waals surface area contributed by atoms with Gasteiger partial charge in [0.15, 0.2) is 0 Å². The molecule has 2 aromatic rings. The van der Waals surface area contributed by atoms with Gasteiger partial charge in [-0.1, -0.05) is 29.4 Å². The van der Waals surface area contributed by atoms with E-state index in [0.29, 0.717) is 18.9 Å². The Morgan fingerprint density at radius 3 is 3.11 bits per heavy atom. The fraction of sp³-hybridized carbons (Fsp3) is 0.333. The molecule has 98 valence electrons. The van der Waals surface area contributed by atoms with E-state index in [9.17, 15) is 4.79 Å². The number of fused-ring (bicyclic) bond motifs is 1. The van der Waals surface area contributed by atoms with Crippen molar-refractivity contribution in [3.8, 4) is 0 Å². The zero-order chi connectivity index (χ0) is 13.1. The van der Waals surface area contributed by atoms with E-state index in [2.05, 4.69) is 28.7 Å². The van der Waals surface area contributed by atoms with Gasteiger partial charge in [-0.3, -0.25) is 4.79 Å². The first-order valence-corrected chi connectivity index (χ1v) is 6.56. The van der Waals surface area contributed by atoms with Crippen LogP contribution in [0.5, 0.6) is 0 Å². The summed E-state index contributed by atoms with van der Waals surface area (Å²) in [5.41, 5.74) is 3.47. The molecule has 1 aliphatic rings. The molecule has 1 aliphatic carbocycles. The van der Waals surface area contributed by atoms with Gasteiger partial charge in [-0.25, -0.2) is 0 Å². The third-order valence-corrected chi connectivity index (χ3v) is 3.65. The minimum atomic E-state index is 0.0738. The average molecular weight is 256 g/mol. The van der Waals surface area contributed by atoms with Crippen molar-refractivity contribution >= 4 is 5.91 Å². The van der Waals surface area contributed by atoms with Crippen LogP contribution in [-0.4, -0.2) is 11.1 Å². The summed E-state index contributed by atoms with van der Waals surface area (Å²) < 4.78 is 4.73. The summed E-state index contributed by atoms with van der Waals surface area (Å²) in [6, 6.07) is 10.2. The zero-order valence-electron chi connectivity index (χ0n) is 10.6. The number of aromatic nitrogens is 1. The van der Waals surface area contributed by atoms with Gasteiger partial charge in [0.05, 0.1) is 6.54 Å². The van der Waals surface area contributed by atoms with Crippen LogP contribution in [-0.2, 0) is 17.8 Å². The fourth-order valence-corrected chi connectivity index (χ4v) is 2.67. The molecule has 0 aliphatic heterocycles. The topological polar surface area (TPSA) is 55.1 Å². The lowest BCUT2D eigenvalue weighted by Crippen LogP contribution is -2.24. The van der Waals surface area contributed by atoms with E-state index >= 15 is 0 Å². The number of benzene rings is 1. The second-order valence-electron chi connectivity index (χ2n) is 4.91. The summed E-state index contributed by atoms with van der Waals surface area (Å²) in [7, 11) is 0. The monoisotopic (exact) mass is 256 g/mol. The molecule has 1 amide bonds. The number of amides is 1. The van der Waals surface area contributed by atoms with Crippen molar-refractivity contribution in [2.75, 3.05) is 0 Å². The minimum absolute atomic E-state index is 0.0738. The van der Waals surface area contributed by atoms with Crippen LogP contribution in [0.25, 0.3) is 0 Å².